The topological polar surface area (TPSA) is 43.4 Å². The van der Waals surface area contributed by atoms with Crippen LogP contribution in [0.4, 0.5) is 0 Å². The highest BCUT2D eigenvalue weighted by Crippen LogP contribution is 2.24. The average molecular weight is 270 g/mol. The van der Waals surface area contributed by atoms with E-state index in [1.165, 1.54) is 0 Å². The lowest BCUT2D eigenvalue weighted by atomic mass is 9.87. The molecule has 0 spiro atoms. The van der Waals surface area contributed by atoms with Crippen LogP contribution in [0, 0.1) is 5.92 Å². The zero-order chi connectivity index (χ0) is 14.0. The van der Waals surface area contributed by atoms with Gasteiger partial charge in [-0.25, -0.2) is 0 Å². The van der Waals surface area contributed by atoms with Crippen LogP contribution in [-0.2, 0) is 19.7 Å². The van der Waals surface area contributed by atoms with Crippen LogP contribution in [0.2, 0.25) is 0 Å². The van der Waals surface area contributed by atoms with Gasteiger partial charge in [-0.2, -0.15) is 8.42 Å². The molecule has 0 amide bonds. The maximum atomic E-state index is 11.9. The Morgan fingerprint density at radius 2 is 1.61 bits per heavy atom. The minimum atomic E-state index is -3.62. The molecule has 1 rings (SSSR count). The lowest BCUT2D eigenvalue weighted by molar-refractivity contribution is 0.275. The van der Waals surface area contributed by atoms with E-state index in [9.17, 15) is 8.42 Å². The van der Waals surface area contributed by atoms with Crippen LogP contribution < -0.4 is 0 Å². The molecule has 0 saturated carbocycles. The van der Waals surface area contributed by atoms with Crippen molar-refractivity contribution in [2.24, 2.45) is 5.92 Å². The summed E-state index contributed by atoms with van der Waals surface area (Å²) >= 11 is 0. The molecule has 102 valence electrons. The van der Waals surface area contributed by atoms with Crippen molar-refractivity contribution in [3.8, 4) is 0 Å². The van der Waals surface area contributed by atoms with Crippen molar-refractivity contribution in [2.45, 2.75) is 44.9 Å². The van der Waals surface area contributed by atoms with Crippen molar-refractivity contribution in [3.05, 3.63) is 29.8 Å². The SMILES string of the molecule is CC(C)COS(=O)(=O)c1ccc(C(C)(C)C)cc1. The maximum Gasteiger partial charge on any atom is 0.296 e. The molecule has 4 heteroatoms. The molecule has 0 aliphatic heterocycles. The van der Waals surface area contributed by atoms with Crippen molar-refractivity contribution in [2.75, 3.05) is 6.61 Å². The fraction of sp³-hybridized carbons (Fsp3) is 0.571. The molecule has 0 bridgehead atoms. The molecule has 3 nitrogen and oxygen atoms in total. The second kappa shape index (κ2) is 5.41. The Labute approximate surface area is 110 Å². The van der Waals surface area contributed by atoms with Crippen molar-refractivity contribution < 1.29 is 12.6 Å². The molecule has 0 N–H and O–H groups in total. The van der Waals surface area contributed by atoms with E-state index in [0.29, 0.717) is 0 Å². The second-order valence-electron chi connectivity index (χ2n) is 5.91. The van der Waals surface area contributed by atoms with Crippen LogP contribution in [0.25, 0.3) is 0 Å². The van der Waals surface area contributed by atoms with E-state index in [-0.39, 0.29) is 22.8 Å². The van der Waals surface area contributed by atoms with Crippen LogP contribution in [0.15, 0.2) is 29.2 Å². The van der Waals surface area contributed by atoms with Gasteiger partial charge in [-0.3, -0.25) is 4.18 Å². The van der Waals surface area contributed by atoms with Gasteiger partial charge in [0.05, 0.1) is 11.5 Å². The molecular formula is C14H22O3S. The summed E-state index contributed by atoms with van der Waals surface area (Å²) in [5.41, 5.74) is 1.12. The lowest BCUT2D eigenvalue weighted by Gasteiger charge is -2.19. The third kappa shape index (κ3) is 4.10. The van der Waals surface area contributed by atoms with E-state index in [1.807, 2.05) is 26.0 Å². The first-order valence-corrected chi connectivity index (χ1v) is 7.54. The number of rotatable bonds is 4. The van der Waals surface area contributed by atoms with Gasteiger partial charge in [-0.1, -0.05) is 46.8 Å². The maximum absolute atomic E-state index is 11.9. The first kappa shape index (κ1) is 15.2. The van der Waals surface area contributed by atoms with Crippen LogP contribution in [0.5, 0.6) is 0 Å². The Balaban J connectivity index is 2.91. The van der Waals surface area contributed by atoms with Crippen LogP contribution in [0.1, 0.15) is 40.2 Å². The molecule has 0 aliphatic rings. The van der Waals surface area contributed by atoms with Crippen molar-refractivity contribution >= 4 is 10.1 Å². The summed E-state index contributed by atoms with van der Waals surface area (Å²) in [5.74, 6) is 0.189. The first-order valence-electron chi connectivity index (χ1n) is 6.13. The van der Waals surface area contributed by atoms with E-state index >= 15 is 0 Å². The van der Waals surface area contributed by atoms with Gasteiger partial charge in [-0.05, 0) is 29.0 Å². The molecule has 0 aliphatic carbocycles. The summed E-state index contributed by atoms with van der Waals surface area (Å²) in [6, 6.07) is 6.89. The molecule has 0 radical (unpaired) electrons. The fourth-order valence-electron chi connectivity index (χ4n) is 1.42. The smallest absolute Gasteiger partial charge is 0.266 e. The normalized spacial score (nSPS) is 13.0. The average Bonchev–Trinajstić information content (AvgIpc) is 2.26. The number of hydrogen-bond donors (Lipinski definition) is 0. The molecule has 0 saturated heterocycles. The van der Waals surface area contributed by atoms with Crippen molar-refractivity contribution in [1.82, 2.24) is 0 Å². The van der Waals surface area contributed by atoms with E-state index in [2.05, 4.69) is 20.8 Å². The van der Waals surface area contributed by atoms with Crippen LogP contribution in [-0.4, -0.2) is 15.0 Å². The van der Waals surface area contributed by atoms with Gasteiger partial charge < -0.3 is 0 Å². The quantitative estimate of drug-likeness (QED) is 0.788. The third-order valence-electron chi connectivity index (χ3n) is 2.57. The minimum Gasteiger partial charge on any atom is -0.266 e. The standard InChI is InChI=1S/C14H22O3S/c1-11(2)10-17-18(15,16)13-8-6-12(7-9-13)14(3,4)5/h6-9,11H,10H2,1-5H3. The highest BCUT2D eigenvalue weighted by molar-refractivity contribution is 7.86. The van der Waals surface area contributed by atoms with E-state index in [0.717, 1.165) is 5.56 Å². The molecular weight excluding hydrogens is 248 g/mol. The van der Waals surface area contributed by atoms with Gasteiger partial charge in [0.2, 0.25) is 0 Å². The summed E-state index contributed by atoms with van der Waals surface area (Å²) in [5, 5.41) is 0. The predicted molar refractivity (Wildman–Crippen MR) is 73.1 cm³/mol. The molecule has 1 aromatic carbocycles. The summed E-state index contributed by atoms with van der Waals surface area (Å²) in [4.78, 5) is 0.219. The van der Waals surface area contributed by atoms with E-state index < -0.39 is 10.1 Å². The Morgan fingerprint density at radius 1 is 1.11 bits per heavy atom. The Bertz CT molecular complexity index is 479. The van der Waals surface area contributed by atoms with Gasteiger partial charge in [0, 0.05) is 0 Å². The Morgan fingerprint density at radius 3 is 2.00 bits per heavy atom. The number of hydrogen-bond acceptors (Lipinski definition) is 3. The fourth-order valence-corrected chi connectivity index (χ4v) is 2.47. The summed E-state index contributed by atoms with van der Waals surface area (Å²) in [6.07, 6.45) is 0. The van der Waals surface area contributed by atoms with Crippen LogP contribution >= 0.6 is 0 Å². The predicted octanol–water partition coefficient (Wildman–Crippen LogP) is 3.35. The summed E-state index contributed by atoms with van der Waals surface area (Å²) in [6.45, 7) is 10.3. The second-order valence-corrected chi connectivity index (χ2v) is 7.52. The van der Waals surface area contributed by atoms with Crippen molar-refractivity contribution in [3.63, 3.8) is 0 Å². The number of benzene rings is 1. The Hall–Kier alpha value is -0.870. The molecule has 0 aromatic heterocycles. The zero-order valence-electron chi connectivity index (χ0n) is 11.7. The molecule has 0 atom stereocenters. The lowest BCUT2D eigenvalue weighted by Crippen LogP contribution is -2.13. The van der Waals surface area contributed by atoms with Gasteiger partial charge >= 0.3 is 0 Å². The monoisotopic (exact) mass is 270 g/mol. The molecule has 0 unspecified atom stereocenters. The zero-order valence-corrected chi connectivity index (χ0v) is 12.5. The van der Waals surface area contributed by atoms with Gasteiger partial charge in [0.15, 0.2) is 0 Å². The van der Waals surface area contributed by atoms with Gasteiger partial charge in [-0.15, -0.1) is 0 Å². The molecule has 0 fully saturated rings. The Kier molecular flexibility index (Phi) is 4.56. The molecule has 1 aromatic rings. The van der Waals surface area contributed by atoms with E-state index in [1.54, 1.807) is 12.1 Å². The largest absolute Gasteiger partial charge is 0.296 e. The van der Waals surface area contributed by atoms with E-state index in [4.69, 9.17) is 4.18 Å². The molecule has 18 heavy (non-hydrogen) atoms. The minimum absolute atomic E-state index is 0.0150. The summed E-state index contributed by atoms with van der Waals surface area (Å²) in [7, 11) is -3.62. The third-order valence-corrected chi connectivity index (χ3v) is 3.86. The highest BCUT2D eigenvalue weighted by Gasteiger charge is 2.18. The van der Waals surface area contributed by atoms with Gasteiger partial charge in [0.1, 0.15) is 0 Å². The highest BCUT2D eigenvalue weighted by atomic mass is 32.2. The van der Waals surface area contributed by atoms with Gasteiger partial charge in [0.25, 0.3) is 10.1 Å². The van der Waals surface area contributed by atoms with Crippen LogP contribution in [0.3, 0.4) is 0 Å². The molecule has 0 heterocycles. The van der Waals surface area contributed by atoms with Crippen molar-refractivity contribution in [1.29, 1.82) is 0 Å². The summed E-state index contributed by atoms with van der Waals surface area (Å²) < 4.78 is 28.7. The first-order chi connectivity index (χ1) is 8.13.